The summed E-state index contributed by atoms with van der Waals surface area (Å²) < 4.78 is 16.0. The minimum Gasteiger partial charge on any atom is -0.493 e. The summed E-state index contributed by atoms with van der Waals surface area (Å²) in [5, 5.41) is 2.91. The van der Waals surface area contributed by atoms with E-state index in [9.17, 15) is 9.59 Å². The second-order valence-corrected chi connectivity index (χ2v) is 6.99. The summed E-state index contributed by atoms with van der Waals surface area (Å²) in [5.41, 5.74) is 2.76. The van der Waals surface area contributed by atoms with Crippen LogP contribution in [0.2, 0.25) is 0 Å². The molecule has 0 aliphatic carbocycles. The Morgan fingerprint density at radius 1 is 1.07 bits per heavy atom. The zero-order chi connectivity index (χ0) is 21.0. The average molecular weight is 398 g/mol. The van der Waals surface area contributed by atoms with Gasteiger partial charge in [0.15, 0.2) is 11.5 Å². The molecule has 0 aromatic heterocycles. The second kappa shape index (κ2) is 8.86. The van der Waals surface area contributed by atoms with E-state index in [1.165, 1.54) is 0 Å². The number of carbonyl (C=O) groups excluding carboxylic acids is 2. The van der Waals surface area contributed by atoms with Crippen molar-refractivity contribution in [3.63, 3.8) is 0 Å². The van der Waals surface area contributed by atoms with Crippen LogP contribution in [0, 0.1) is 12.8 Å². The van der Waals surface area contributed by atoms with Gasteiger partial charge in [0, 0.05) is 25.2 Å². The van der Waals surface area contributed by atoms with Gasteiger partial charge in [-0.25, -0.2) is 0 Å². The van der Waals surface area contributed by atoms with E-state index in [0.717, 1.165) is 16.8 Å². The number of nitrogens with one attached hydrogen (secondary N) is 1. The lowest BCUT2D eigenvalue weighted by Gasteiger charge is -2.17. The van der Waals surface area contributed by atoms with Gasteiger partial charge < -0.3 is 24.4 Å². The van der Waals surface area contributed by atoms with E-state index < -0.39 is 0 Å². The van der Waals surface area contributed by atoms with Crippen molar-refractivity contribution < 1.29 is 23.8 Å². The molecule has 7 nitrogen and oxygen atoms in total. The van der Waals surface area contributed by atoms with Crippen molar-refractivity contribution in [3.8, 4) is 17.2 Å². The Bertz CT molecular complexity index is 870. The van der Waals surface area contributed by atoms with Gasteiger partial charge in [-0.3, -0.25) is 9.59 Å². The molecule has 1 heterocycles. The summed E-state index contributed by atoms with van der Waals surface area (Å²) in [6.45, 7) is 2.67. The maximum Gasteiger partial charge on any atom is 0.227 e. The number of hydrogen-bond acceptors (Lipinski definition) is 5. The molecular formula is C22H26N2O5. The van der Waals surface area contributed by atoms with E-state index in [0.29, 0.717) is 30.3 Å². The lowest BCUT2D eigenvalue weighted by Crippen LogP contribution is -2.32. The first kappa shape index (κ1) is 20.5. The Morgan fingerprint density at radius 2 is 1.69 bits per heavy atom. The molecular weight excluding hydrogens is 372 g/mol. The largest absolute Gasteiger partial charge is 0.493 e. The molecule has 1 atom stereocenters. The lowest BCUT2D eigenvalue weighted by molar-refractivity contribution is -0.126. The SMILES string of the molecule is COc1cc(CNC(=O)[C@@H]2CC(=O)N(c3ccc(C)cc3)C2)cc(OC)c1OC. The number of rotatable bonds is 7. The van der Waals surface area contributed by atoms with Crippen LogP contribution in [0.25, 0.3) is 0 Å². The summed E-state index contributed by atoms with van der Waals surface area (Å²) in [6.07, 6.45) is 0.203. The monoisotopic (exact) mass is 398 g/mol. The Morgan fingerprint density at radius 3 is 2.24 bits per heavy atom. The van der Waals surface area contributed by atoms with E-state index in [1.54, 1.807) is 38.4 Å². The predicted octanol–water partition coefficient (Wildman–Crippen LogP) is 2.69. The van der Waals surface area contributed by atoms with Gasteiger partial charge in [-0.15, -0.1) is 0 Å². The maximum absolute atomic E-state index is 12.7. The van der Waals surface area contributed by atoms with E-state index in [1.807, 2.05) is 31.2 Å². The summed E-state index contributed by atoms with van der Waals surface area (Å²) in [7, 11) is 4.63. The van der Waals surface area contributed by atoms with Gasteiger partial charge in [0.25, 0.3) is 0 Å². The van der Waals surface area contributed by atoms with Gasteiger partial charge in [0.2, 0.25) is 17.6 Å². The standard InChI is InChI=1S/C22H26N2O5/c1-14-5-7-17(8-6-14)24-13-16(11-20(24)25)22(26)23-12-15-9-18(27-2)21(29-4)19(10-15)28-3/h5-10,16H,11-13H2,1-4H3,(H,23,26)/t16-/m1/s1. The van der Waals surface area contributed by atoms with Gasteiger partial charge in [0.1, 0.15) is 0 Å². The first-order chi connectivity index (χ1) is 14.0. The zero-order valence-corrected chi connectivity index (χ0v) is 17.2. The van der Waals surface area contributed by atoms with Crippen LogP contribution in [0.5, 0.6) is 17.2 Å². The van der Waals surface area contributed by atoms with E-state index in [4.69, 9.17) is 14.2 Å². The number of hydrogen-bond donors (Lipinski definition) is 1. The molecule has 29 heavy (non-hydrogen) atoms. The van der Waals surface area contributed by atoms with Crippen molar-refractivity contribution in [1.29, 1.82) is 0 Å². The number of methoxy groups -OCH3 is 3. The number of benzene rings is 2. The van der Waals surface area contributed by atoms with E-state index in [-0.39, 0.29) is 24.2 Å². The van der Waals surface area contributed by atoms with Crippen LogP contribution in [-0.4, -0.2) is 39.7 Å². The fourth-order valence-electron chi connectivity index (χ4n) is 3.43. The Labute approximate surface area is 170 Å². The number of ether oxygens (including phenoxy) is 3. The van der Waals surface area contributed by atoms with Crippen LogP contribution in [0.15, 0.2) is 36.4 Å². The van der Waals surface area contributed by atoms with Crippen LogP contribution in [0.1, 0.15) is 17.5 Å². The van der Waals surface area contributed by atoms with Crippen LogP contribution in [0.4, 0.5) is 5.69 Å². The highest BCUT2D eigenvalue weighted by Crippen LogP contribution is 2.38. The summed E-state index contributed by atoms with van der Waals surface area (Å²) in [5.74, 6) is 0.977. The first-order valence-corrected chi connectivity index (χ1v) is 9.40. The normalized spacial score (nSPS) is 15.9. The Hall–Kier alpha value is -3.22. The molecule has 0 spiro atoms. The maximum atomic E-state index is 12.7. The van der Waals surface area contributed by atoms with Crippen molar-refractivity contribution in [1.82, 2.24) is 5.32 Å². The fraction of sp³-hybridized carbons (Fsp3) is 0.364. The highest BCUT2D eigenvalue weighted by atomic mass is 16.5. The van der Waals surface area contributed by atoms with Gasteiger partial charge in [-0.1, -0.05) is 17.7 Å². The molecule has 0 bridgehead atoms. The molecule has 3 rings (SSSR count). The molecule has 1 aliphatic rings. The molecule has 0 radical (unpaired) electrons. The molecule has 1 aliphatic heterocycles. The second-order valence-electron chi connectivity index (χ2n) is 6.99. The average Bonchev–Trinajstić information content (AvgIpc) is 3.13. The third-order valence-corrected chi connectivity index (χ3v) is 5.03. The quantitative estimate of drug-likeness (QED) is 0.776. The molecule has 2 amide bonds. The highest BCUT2D eigenvalue weighted by molar-refractivity contribution is 6.00. The fourth-order valence-corrected chi connectivity index (χ4v) is 3.43. The van der Waals surface area contributed by atoms with Crippen molar-refractivity contribution in [2.75, 3.05) is 32.8 Å². The van der Waals surface area contributed by atoms with Crippen molar-refractivity contribution in [3.05, 3.63) is 47.5 Å². The van der Waals surface area contributed by atoms with Crippen LogP contribution < -0.4 is 24.4 Å². The van der Waals surface area contributed by atoms with Crippen molar-refractivity contribution >= 4 is 17.5 Å². The van der Waals surface area contributed by atoms with Gasteiger partial charge >= 0.3 is 0 Å². The number of nitrogens with zero attached hydrogens (tertiary/aromatic N) is 1. The Kier molecular flexibility index (Phi) is 6.26. The highest BCUT2D eigenvalue weighted by Gasteiger charge is 2.35. The molecule has 1 saturated heterocycles. The minimum atomic E-state index is -0.383. The number of anilines is 1. The predicted molar refractivity (Wildman–Crippen MR) is 110 cm³/mol. The minimum absolute atomic E-state index is 0.0400. The van der Waals surface area contributed by atoms with Gasteiger partial charge in [-0.05, 0) is 36.8 Å². The van der Waals surface area contributed by atoms with Crippen LogP contribution in [-0.2, 0) is 16.1 Å². The number of aryl methyl sites for hydroxylation is 1. The smallest absolute Gasteiger partial charge is 0.227 e. The molecule has 154 valence electrons. The van der Waals surface area contributed by atoms with Gasteiger partial charge in [0.05, 0.1) is 27.2 Å². The van der Waals surface area contributed by atoms with Crippen LogP contribution >= 0.6 is 0 Å². The molecule has 1 N–H and O–H groups in total. The van der Waals surface area contributed by atoms with E-state index >= 15 is 0 Å². The summed E-state index contributed by atoms with van der Waals surface area (Å²) >= 11 is 0. The summed E-state index contributed by atoms with van der Waals surface area (Å²) in [6, 6.07) is 11.3. The molecule has 7 heteroatoms. The molecule has 1 fully saturated rings. The molecule has 2 aromatic rings. The summed E-state index contributed by atoms with van der Waals surface area (Å²) in [4.78, 5) is 26.7. The molecule has 0 saturated carbocycles. The number of amides is 2. The third-order valence-electron chi connectivity index (χ3n) is 5.03. The lowest BCUT2D eigenvalue weighted by atomic mass is 10.1. The first-order valence-electron chi connectivity index (χ1n) is 9.40. The van der Waals surface area contributed by atoms with E-state index in [2.05, 4.69) is 5.32 Å². The topological polar surface area (TPSA) is 77.1 Å². The zero-order valence-electron chi connectivity index (χ0n) is 17.2. The Balaban J connectivity index is 1.65. The third kappa shape index (κ3) is 4.45. The van der Waals surface area contributed by atoms with Crippen molar-refractivity contribution in [2.45, 2.75) is 19.9 Å². The molecule has 0 unspecified atom stereocenters. The van der Waals surface area contributed by atoms with Gasteiger partial charge in [-0.2, -0.15) is 0 Å². The number of carbonyl (C=O) groups is 2. The van der Waals surface area contributed by atoms with Crippen molar-refractivity contribution in [2.24, 2.45) is 5.92 Å². The van der Waals surface area contributed by atoms with Crippen LogP contribution in [0.3, 0.4) is 0 Å². The molecule has 2 aromatic carbocycles.